The number of amides is 2. The van der Waals surface area contributed by atoms with Gasteiger partial charge < -0.3 is 15.8 Å². The Bertz CT molecular complexity index is 1000. The molecular formula is C20H28ClN5O4. The molecule has 2 heterocycles. The second-order valence-corrected chi connectivity index (χ2v) is 8.89. The van der Waals surface area contributed by atoms with E-state index in [1.165, 1.54) is 4.57 Å². The Balaban J connectivity index is 1.97. The normalized spacial score (nSPS) is 16.5. The lowest BCUT2D eigenvalue weighted by Crippen LogP contribution is -2.54. The maximum Gasteiger partial charge on any atom is 0.337 e. The van der Waals surface area contributed by atoms with Crippen LogP contribution in [0.15, 0.2) is 23.0 Å². The molecule has 1 aromatic heterocycles. The molecule has 164 valence electrons. The van der Waals surface area contributed by atoms with Crippen molar-refractivity contribution in [2.45, 2.75) is 33.4 Å². The topological polar surface area (TPSA) is 112 Å². The van der Waals surface area contributed by atoms with Gasteiger partial charge in [-0.25, -0.2) is 14.2 Å². The second-order valence-electron chi connectivity index (χ2n) is 8.48. The number of carbonyl (C=O) groups excluding carboxylic acids is 2. The first kappa shape index (κ1) is 22.3. The van der Waals surface area contributed by atoms with Crippen LogP contribution < -0.4 is 16.7 Å². The zero-order chi connectivity index (χ0) is 22.1. The maximum absolute atomic E-state index is 13.2. The van der Waals surface area contributed by atoms with E-state index in [1.807, 2.05) is 0 Å². The molecule has 10 heteroatoms. The number of nitrogens with two attached hydrogens (primary N) is 1. The van der Waals surface area contributed by atoms with Crippen molar-refractivity contribution in [2.75, 3.05) is 32.8 Å². The Kier molecular flexibility index (Phi) is 6.54. The Hall–Kier alpha value is -2.36. The number of hydrogen-bond donors (Lipinski definition) is 2. The van der Waals surface area contributed by atoms with E-state index in [1.54, 1.807) is 39.0 Å². The predicted octanol–water partition coefficient (Wildman–Crippen LogP) is 1.25. The molecule has 1 aliphatic rings. The average Bonchev–Trinajstić information content (AvgIpc) is 2.96. The summed E-state index contributed by atoms with van der Waals surface area (Å²) < 4.78 is 7.88. The summed E-state index contributed by atoms with van der Waals surface area (Å²) >= 11 is 6.39. The van der Waals surface area contributed by atoms with Crippen molar-refractivity contribution in [2.24, 2.45) is 11.1 Å². The fraction of sp³-hybridized carbons (Fsp3) is 0.550. The van der Waals surface area contributed by atoms with Gasteiger partial charge in [-0.15, -0.1) is 0 Å². The van der Waals surface area contributed by atoms with Crippen LogP contribution in [0.1, 0.15) is 20.8 Å². The molecule has 1 aliphatic heterocycles. The molecule has 0 saturated carbocycles. The summed E-state index contributed by atoms with van der Waals surface area (Å²) in [5, 5.41) is 2.99. The quantitative estimate of drug-likeness (QED) is 0.731. The highest BCUT2D eigenvalue weighted by Gasteiger charge is 2.32. The zero-order valence-corrected chi connectivity index (χ0v) is 18.2. The number of hydrogen-bond acceptors (Lipinski definition) is 5. The summed E-state index contributed by atoms with van der Waals surface area (Å²) in [6.45, 7) is 9.23. The number of imidazole rings is 1. The third kappa shape index (κ3) is 4.53. The van der Waals surface area contributed by atoms with Gasteiger partial charge in [0.15, 0.2) is 0 Å². The van der Waals surface area contributed by atoms with Gasteiger partial charge in [0.2, 0.25) is 5.91 Å². The van der Waals surface area contributed by atoms with Crippen LogP contribution in [0.4, 0.5) is 4.79 Å². The molecule has 0 radical (unpaired) electrons. The fourth-order valence-corrected chi connectivity index (χ4v) is 3.91. The van der Waals surface area contributed by atoms with Gasteiger partial charge in [-0.3, -0.25) is 14.3 Å². The van der Waals surface area contributed by atoms with E-state index in [0.717, 1.165) is 17.7 Å². The molecule has 2 amide bonds. The number of nitrogens with one attached hydrogen (secondary N) is 1. The van der Waals surface area contributed by atoms with Crippen LogP contribution in [0.5, 0.6) is 0 Å². The van der Waals surface area contributed by atoms with Gasteiger partial charge in [0.1, 0.15) is 6.04 Å². The van der Waals surface area contributed by atoms with Crippen LogP contribution in [-0.2, 0) is 16.1 Å². The molecule has 0 aliphatic carbocycles. The highest BCUT2D eigenvalue weighted by Crippen LogP contribution is 2.24. The number of benzene rings is 1. The molecule has 1 atom stereocenters. The first-order valence-electron chi connectivity index (χ1n) is 9.91. The van der Waals surface area contributed by atoms with Crippen molar-refractivity contribution in [3.05, 3.63) is 33.7 Å². The number of carbonyl (C=O) groups is 2. The van der Waals surface area contributed by atoms with Gasteiger partial charge in [0, 0.05) is 26.2 Å². The van der Waals surface area contributed by atoms with Crippen LogP contribution in [0.3, 0.4) is 0 Å². The summed E-state index contributed by atoms with van der Waals surface area (Å²) in [6, 6.07) is 3.36. The molecule has 30 heavy (non-hydrogen) atoms. The number of morpholine rings is 1. The molecule has 1 saturated heterocycles. The van der Waals surface area contributed by atoms with Crippen molar-refractivity contribution < 1.29 is 14.3 Å². The van der Waals surface area contributed by atoms with Gasteiger partial charge in [-0.05, 0) is 17.5 Å². The number of nitrogens with zero attached hydrogens (tertiary/aromatic N) is 3. The molecule has 9 nitrogen and oxygen atoms in total. The summed E-state index contributed by atoms with van der Waals surface area (Å²) in [7, 11) is 0. The Morgan fingerprint density at radius 1 is 1.23 bits per heavy atom. The average molecular weight is 438 g/mol. The standard InChI is InChI=1S/C20H28ClN5O4/c1-20(2,3)16(17(22)27)23-18(28)26-14-6-4-5-13(21)15(14)25(19(26)29)8-7-24-9-11-30-12-10-24/h4-6,16H,7-12H2,1-3H3,(H2,22,27)(H,23,28)/t16-/m1/s1. The Morgan fingerprint density at radius 2 is 1.90 bits per heavy atom. The van der Waals surface area contributed by atoms with Crippen molar-refractivity contribution >= 4 is 34.6 Å². The van der Waals surface area contributed by atoms with Crippen molar-refractivity contribution in [1.29, 1.82) is 0 Å². The largest absolute Gasteiger partial charge is 0.379 e. The molecule has 2 aromatic rings. The molecule has 1 fully saturated rings. The smallest absolute Gasteiger partial charge is 0.337 e. The molecule has 0 unspecified atom stereocenters. The number of ether oxygens (including phenoxy) is 1. The minimum absolute atomic E-state index is 0.373. The SMILES string of the molecule is CC(C)(C)[C@H](NC(=O)n1c(=O)n(CCN2CCOCC2)c2c(Cl)cccc21)C(N)=O. The molecule has 0 spiro atoms. The van der Waals surface area contributed by atoms with E-state index < -0.39 is 29.1 Å². The molecule has 0 bridgehead atoms. The number of primary amides is 1. The zero-order valence-electron chi connectivity index (χ0n) is 17.5. The van der Waals surface area contributed by atoms with Crippen molar-refractivity contribution in [1.82, 2.24) is 19.4 Å². The number of aromatic nitrogens is 2. The third-order valence-electron chi connectivity index (χ3n) is 5.26. The highest BCUT2D eigenvalue weighted by atomic mass is 35.5. The van der Waals surface area contributed by atoms with Crippen LogP contribution in [0.25, 0.3) is 11.0 Å². The van der Waals surface area contributed by atoms with Crippen LogP contribution >= 0.6 is 11.6 Å². The lowest BCUT2D eigenvalue weighted by Gasteiger charge is -2.28. The lowest BCUT2D eigenvalue weighted by atomic mass is 9.86. The van der Waals surface area contributed by atoms with Gasteiger partial charge in [-0.1, -0.05) is 38.4 Å². The minimum Gasteiger partial charge on any atom is -0.379 e. The van der Waals surface area contributed by atoms with Gasteiger partial charge >= 0.3 is 11.7 Å². The summed E-state index contributed by atoms with van der Waals surface area (Å²) in [5.74, 6) is -0.669. The van der Waals surface area contributed by atoms with E-state index in [9.17, 15) is 14.4 Å². The number of para-hydroxylation sites is 1. The van der Waals surface area contributed by atoms with Gasteiger partial charge in [0.05, 0.1) is 29.3 Å². The van der Waals surface area contributed by atoms with E-state index in [4.69, 9.17) is 22.1 Å². The Labute approximate surface area is 179 Å². The van der Waals surface area contributed by atoms with Crippen LogP contribution in [0, 0.1) is 5.41 Å². The molecule has 3 rings (SSSR count). The highest BCUT2D eigenvalue weighted by molar-refractivity contribution is 6.35. The number of halogens is 1. The minimum atomic E-state index is -0.942. The van der Waals surface area contributed by atoms with E-state index in [2.05, 4.69) is 10.2 Å². The predicted molar refractivity (Wildman–Crippen MR) is 115 cm³/mol. The van der Waals surface area contributed by atoms with E-state index in [-0.39, 0.29) is 0 Å². The third-order valence-corrected chi connectivity index (χ3v) is 5.57. The Morgan fingerprint density at radius 3 is 2.50 bits per heavy atom. The van der Waals surface area contributed by atoms with E-state index in [0.29, 0.717) is 42.4 Å². The molecular weight excluding hydrogens is 410 g/mol. The van der Waals surface area contributed by atoms with Gasteiger partial charge in [0.25, 0.3) is 0 Å². The van der Waals surface area contributed by atoms with Gasteiger partial charge in [-0.2, -0.15) is 0 Å². The van der Waals surface area contributed by atoms with Crippen molar-refractivity contribution in [3.8, 4) is 0 Å². The van der Waals surface area contributed by atoms with Crippen LogP contribution in [0.2, 0.25) is 5.02 Å². The summed E-state index contributed by atoms with van der Waals surface area (Å²) in [6.07, 6.45) is 0. The monoisotopic (exact) mass is 437 g/mol. The molecule has 3 N–H and O–H groups in total. The van der Waals surface area contributed by atoms with Crippen LogP contribution in [-0.4, -0.2) is 64.9 Å². The van der Waals surface area contributed by atoms with Crippen molar-refractivity contribution in [3.63, 3.8) is 0 Å². The number of fused-ring (bicyclic) bond motifs is 1. The van der Waals surface area contributed by atoms with E-state index >= 15 is 0 Å². The fourth-order valence-electron chi connectivity index (χ4n) is 3.64. The summed E-state index contributed by atoms with van der Waals surface area (Å²) in [4.78, 5) is 40.3. The number of rotatable bonds is 5. The maximum atomic E-state index is 13.2. The lowest BCUT2D eigenvalue weighted by molar-refractivity contribution is -0.122. The first-order chi connectivity index (χ1) is 14.1. The first-order valence-corrected chi connectivity index (χ1v) is 10.3. The second kappa shape index (κ2) is 8.79. The summed E-state index contributed by atoms with van der Waals surface area (Å²) in [5.41, 5.74) is 5.21. The molecule has 1 aromatic carbocycles.